The van der Waals surface area contributed by atoms with Gasteiger partial charge < -0.3 is 9.72 Å². The van der Waals surface area contributed by atoms with Crippen LogP contribution in [0.5, 0.6) is 5.75 Å². The molecule has 2 aromatic rings. The number of fused-ring (bicyclic) bond motifs is 4. The van der Waals surface area contributed by atoms with E-state index in [0.29, 0.717) is 26.1 Å². The number of carbonyl (C=O) groups is 2. The minimum atomic E-state index is -0.930. The number of urea groups is 1. The molecular formula is C28H32N4O3. The molecule has 4 aliphatic rings. The highest BCUT2D eigenvalue weighted by Crippen LogP contribution is 2.49. The Balaban J connectivity index is 1.44. The molecule has 4 heterocycles. The number of allylic oxidation sites excluding steroid dienone is 2. The zero-order valence-electron chi connectivity index (χ0n) is 20.4. The first-order valence-corrected chi connectivity index (χ1v) is 12.7. The predicted octanol–water partition coefficient (Wildman–Crippen LogP) is 4.33. The highest BCUT2D eigenvalue weighted by molar-refractivity contribution is 6.08. The third-order valence-electron chi connectivity index (χ3n) is 7.82. The standard InChI is InChI=1S/C28H32N4O3/c1-3-35-20-11-12-23-21(17-20)22-18-28(2)26(33)31(16-15-30-13-7-8-14-30)27(34)32(28)25(24(22)29-23)19-9-5-4-6-10-19/h5,7-12,17,25,29H,3-4,6,13-16,18H2,1-2H3/t25-,28+/m1/s1. The molecule has 1 aliphatic carbocycles. The predicted molar refractivity (Wildman–Crippen MR) is 135 cm³/mol. The van der Waals surface area contributed by atoms with Crippen molar-refractivity contribution in [2.45, 2.75) is 44.7 Å². The van der Waals surface area contributed by atoms with Crippen molar-refractivity contribution in [2.24, 2.45) is 0 Å². The van der Waals surface area contributed by atoms with Gasteiger partial charge in [-0.15, -0.1) is 0 Å². The summed E-state index contributed by atoms with van der Waals surface area (Å²) in [6.45, 7) is 7.36. The smallest absolute Gasteiger partial charge is 0.328 e. The average molecular weight is 473 g/mol. The van der Waals surface area contributed by atoms with Gasteiger partial charge in [0.05, 0.1) is 12.6 Å². The summed E-state index contributed by atoms with van der Waals surface area (Å²) < 4.78 is 5.78. The quantitative estimate of drug-likeness (QED) is 0.502. The lowest BCUT2D eigenvalue weighted by atomic mass is 9.80. The van der Waals surface area contributed by atoms with Crippen LogP contribution in [0, 0.1) is 0 Å². The van der Waals surface area contributed by atoms with E-state index in [1.807, 2.05) is 30.9 Å². The van der Waals surface area contributed by atoms with Crippen LogP contribution in [-0.4, -0.2) is 69.9 Å². The number of hydrogen-bond acceptors (Lipinski definition) is 4. The number of rotatable bonds is 6. The summed E-state index contributed by atoms with van der Waals surface area (Å²) in [6.07, 6.45) is 13.2. The van der Waals surface area contributed by atoms with Crippen LogP contribution in [0.3, 0.4) is 0 Å². The minimum absolute atomic E-state index is 0.0963. The number of benzene rings is 1. The lowest BCUT2D eigenvalue weighted by Gasteiger charge is -2.43. The molecule has 1 aromatic heterocycles. The molecule has 1 fully saturated rings. The lowest BCUT2D eigenvalue weighted by molar-refractivity contribution is -0.133. The Morgan fingerprint density at radius 1 is 1.11 bits per heavy atom. The van der Waals surface area contributed by atoms with Crippen LogP contribution < -0.4 is 4.74 Å². The van der Waals surface area contributed by atoms with E-state index in [9.17, 15) is 9.59 Å². The SMILES string of the molecule is CCOc1ccc2[nH]c3c(c2c1)C[C@@]1(C)C(=O)N(CCN2CC=CC2)C(=O)N1[C@@H]3C1=CCCC=C1. The third-order valence-corrected chi connectivity index (χ3v) is 7.82. The lowest BCUT2D eigenvalue weighted by Crippen LogP contribution is -2.53. The molecule has 0 radical (unpaired) electrons. The summed E-state index contributed by atoms with van der Waals surface area (Å²) in [4.78, 5) is 37.0. The number of aromatic nitrogens is 1. The van der Waals surface area contributed by atoms with Crippen LogP contribution in [0.4, 0.5) is 4.79 Å². The molecule has 6 rings (SSSR count). The van der Waals surface area contributed by atoms with Crippen molar-refractivity contribution >= 4 is 22.8 Å². The van der Waals surface area contributed by atoms with Crippen molar-refractivity contribution in [1.82, 2.24) is 19.7 Å². The molecule has 2 atom stereocenters. The Labute approximate surface area is 205 Å². The maximum absolute atomic E-state index is 13.9. The molecule has 3 aliphatic heterocycles. The molecule has 7 nitrogen and oxygen atoms in total. The second-order valence-electron chi connectivity index (χ2n) is 10.0. The summed E-state index contributed by atoms with van der Waals surface area (Å²) in [5, 5.41) is 1.07. The molecule has 1 N–H and O–H groups in total. The van der Waals surface area contributed by atoms with Gasteiger partial charge in [0, 0.05) is 49.2 Å². The molecule has 0 spiro atoms. The number of nitrogens with one attached hydrogen (secondary N) is 1. The number of nitrogens with zero attached hydrogens (tertiary/aromatic N) is 3. The van der Waals surface area contributed by atoms with Crippen molar-refractivity contribution < 1.29 is 14.3 Å². The fourth-order valence-corrected chi connectivity index (χ4v) is 6.07. The van der Waals surface area contributed by atoms with Crippen LogP contribution >= 0.6 is 0 Å². The number of hydrogen-bond donors (Lipinski definition) is 1. The Bertz CT molecular complexity index is 1280. The summed E-state index contributed by atoms with van der Waals surface area (Å²) in [6, 6.07) is 5.56. The van der Waals surface area contributed by atoms with Crippen molar-refractivity contribution in [2.75, 3.05) is 32.8 Å². The number of aromatic amines is 1. The first-order valence-electron chi connectivity index (χ1n) is 12.7. The number of amides is 3. The fraction of sp³-hybridized carbons (Fsp3) is 0.429. The van der Waals surface area contributed by atoms with Gasteiger partial charge in [0.2, 0.25) is 0 Å². The normalized spacial score (nSPS) is 26.0. The second-order valence-corrected chi connectivity index (χ2v) is 10.0. The first kappa shape index (κ1) is 22.2. The number of carbonyl (C=O) groups excluding carboxylic acids is 2. The summed E-state index contributed by atoms with van der Waals surface area (Å²) in [5.41, 5.74) is 3.27. The van der Waals surface area contributed by atoms with E-state index in [1.54, 1.807) is 0 Å². The molecule has 0 saturated carbocycles. The minimum Gasteiger partial charge on any atom is -0.494 e. The largest absolute Gasteiger partial charge is 0.494 e. The van der Waals surface area contributed by atoms with E-state index in [0.717, 1.165) is 59.4 Å². The first-order chi connectivity index (χ1) is 17.0. The maximum atomic E-state index is 13.9. The van der Waals surface area contributed by atoms with Crippen molar-refractivity contribution in [1.29, 1.82) is 0 Å². The van der Waals surface area contributed by atoms with E-state index >= 15 is 0 Å². The van der Waals surface area contributed by atoms with Gasteiger partial charge in [-0.2, -0.15) is 0 Å². The average Bonchev–Trinajstić information content (AvgIpc) is 3.55. The Morgan fingerprint density at radius 2 is 1.94 bits per heavy atom. The molecule has 1 aromatic carbocycles. The zero-order chi connectivity index (χ0) is 24.2. The molecule has 3 amide bonds. The fourth-order valence-electron chi connectivity index (χ4n) is 6.07. The molecule has 1 saturated heterocycles. The number of ether oxygens (including phenoxy) is 1. The topological polar surface area (TPSA) is 68.9 Å². The monoisotopic (exact) mass is 472 g/mol. The van der Waals surface area contributed by atoms with Gasteiger partial charge >= 0.3 is 6.03 Å². The Hall–Kier alpha value is -3.32. The molecule has 7 heteroatoms. The van der Waals surface area contributed by atoms with E-state index < -0.39 is 5.54 Å². The van der Waals surface area contributed by atoms with Gasteiger partial charge in [-0.3, -0.25) is 19.5 Å². The number of imide groups is 1. The summed E-state index contributed by atoms with van der Waals surface area (Å²) in [5.74, 6) is 0.721. The van der Waals surface area contributed by atoms with Crippen LogP contribution in [0.25, 0.3) is 10.9 Å². The summed E-state index contributed by atoms with van der Waals surface area (Å²) in [7, 11) is 0. The van der Waals surface area contributed by atoms with Gasteiger partial charge in [0.1, 0.15) is 11.3 Å². The van der Waals surface area contributed by atoms with E-state index in [-0.39, 0.29) is 18.0 Å². The van der Waals surface area contributed by atoms with Gasteiger partial charge in [0.15, 0.2) is 0 Å². The highest BCUT2D eigenvalue weighted by Gasteiger charge is 2.60. The van der Waals surface area contributed by atoms with Crippen LogP contribution in [0.1, 0.15) is 44.0 Å². The third kappa shape index (κ3) is 3.44. The highest BCUT2D eigenvalue weighted by atomic mass is 16.5. The van der Waals surface area contributed by atoms with Crippen LogP contribution in [0.15, 0.2) is 54.2 Å². The molecular weight excluding hydrogens is 440 g/mol. The number of H-pyrrole nitrogens is 1. The van der Waals surface area contributed by atoms with E-state index in [4.69, 9.17) is 4.74 Å². The molecule has 0 unspecified atom stereocenters. The second kappa shape index (κ2) is 8.41. The maximum Gasteiger partial charge on any atom is 0.328 e. The Morgan fingerprint density at radius 3 is 2.69 bits per heavy atom. The van der Waals surface area contributed by atoms with Crippen LogP contribution in [0.2, 0.25) is 0 Å². The van der Waals surface area contributed by atoms with Crippen molar-refractivity contribution in [3.63, 3.8) is 0 Å². The van der Waals surface area contributed by atoms with E-state index in [2.05, 4.69) is 46.3 Å². The van der Waals surface area contributed by atoms with Gasteiger partial charge in [-0.25, -0.2) is 4.79 Å². The van der Waals surface area contributed by atoms with Gasteiger partial charge in [0.25, 0.3) is 5.91 Å². The van der Waals surface area contributed by atoms with E-state index in [1.165, 1.54) is 4.90 Å². The van der Waals surface area contributed by atoms with Crippen molar-refractivity contribution in [3.05, 3.63) is 65.4 Å². The molecule has 0 bridgehead atoms. The zero-order valence-corrected chi connectivity index (χ0v) is 20.4. The molecule has 35 heavy (non-hydrogen) atoms. The van der Waals surface area contributed by atoms with Crippen LogP contribution in [-0.2, 0) is 11.2 Å². The Kier molecular flexibility index (Phi) is 5.33. The van der Waals surface area contributed by atoms with Gasteiger partial charge in [-0.05, 0) is 56.0 Å². The molecule has 182 valence electrons. The van der Waals surface area contributed by atoms with Gasteiger partial charge in [-0.1, -0.05) is 30.4 Å². The van der Waals surface area contributed by atoms with Crippen molar-refractivity contribution in [3.8, 4) is 5.75 Å². The summed E-state index contributed by atoms with van der Waals surface area (Å²) >= 11 is 0.